The predicted octanol–water partition coefficient (Wildman–Crippen LogP) is 5.30. The lowest BCUT2D eigenvalue weighted by Gasteiger charge is -2.41. The van der Waals surface area contributed by atoms with Crippen LogP contribution in [0.25, 0.3) is 0 Å². The Morgan fingerprint density at radius 3 is 2.33 bits per heavy atom. The first-order valence-electron chi connectivity index (χ1n) is 13.1. The second-order valence-corrected chi connectivity index (χ2v) is 11.0. The standard InChI is InChI=1S/C29H41F2N3O2/c1-5-32-27(36)34-25(16-20-14-23(30)18-24(31)15-20)26(35)19-33-29(12-7-6-8-13-29)22-11-9-10-21(17-22)28(2,3)4/h9-11,14-15,17-18,25-26,33,35H,5-8,12-13,16,19H2,1-4H3,(H2,32,34,36). The molecular weight excluding hydrogens is 460 g/mol. The van der Waals surface area contributed by atoms with Gasteiger partial charge >= 0.3 is 6.03 Å². The summed E-state index contributed by atoms with van der Waals surface area (Å²) in [4.78, 5) is 12.3. The van der Waals surface area contributed by atoms with E-state index in [2.05, 4.69) is 61.0 Å². The number of carbonyl (C=O) groups excluding carboxylic acids is 1. The SMILES string of the molecule is CCNC(=O)NC(Cc1cc(F)cc(F)c1)C(O)CNC1(c2cccc(C(C)(C)C)c2)CCCCC1. The number of aliphatic hydroxyl groups is 1. The zero-order valence-corrected chi connectivity index (χ0v) is 22.0. The molecule has 4 N–H and O–H groups in total. The Bertz CT molecular complexity index is 996. The van der Waals surface area contributed by atoms with Crippen LogP contribution in [0.15, 0.2) is 42.5 Å². The molecule has 0 aliphatic heterocycles. The Labute approximate surface area is 214 Å². The molecule has 198 valence electrons. The number of aliphatic hydroxyl groups excluding tert-OH is 1. The van der Waals surface area contributed by atoms with E-state index in [0.29, 0.717) is 12.1 Å². The molecule has 0 bridgehead atoms. The van der Waals surface area contributed by atoms with Crippen molar-refractivity contribution in [3.63, 3.8) is 0 Å². The van der Waals surface area contributed by atoms with Crippen molar-refractivity contribution in [2.45, 2.75) is 89.3 Å². The molecule has 0 heterocycles. The normalized spacial score (nSPS) is 17.3. The number of halogens is 2. The second-order valence-electron chi connectivity index (χ2n) is 11.0. The Morgan fingerprint density at radius 1 is 1.06 bits per heavy atom. The van der Waals surface area contributed by atoms with Crippen LogP contribution in [-0.4, -0.2) is 36.4 Å². The highest BCUT2D eigenvalue weighted by Gasteiger charge is 2.35. The average molecular weight is 502 g/mol. The average Bonchev–Trinajstić information content (AvgIpc) is 2.82. The minimum Gasteiger partial charge on any atom is -0.390 e. The molecule has 0 radical (unpaired) electrons. The molecule has 2 atom stereocenters. The van der Waals surface area contributed by atoms with Crippen LogP contribution in [0.3, 0.4) is 0 Å². The maximum Gasteiger partial charge on any atom is 0.315 e. The van der Waals surface area contributed by atoms with Crippen molar-refractivity contribution in [2.75, 3.05) is 13.1 Å². The number of benzene rings is 2. The summed E-state index contributed by atoms with van der Waals surface area (Å²) in [7, 11) is 0. The molecular formula is C29H41F2N3O2. The van der Waals surface area contributed by atoms with Gasteiger partial charge in [0.1, 0.15) is 11.6 Å². The van der Waals surface area contributed by atoms with E-state index in [9.17, 15) is 18.7 Å². The van der Waals surface area contributed by atoms with Crippen molar-refractivity contribution >= 4 is 6.03 Å². The van der Waals surface area contributed by atoms with Gasteiger partial charge in [0.05, 0.1) is 12.1 Å². The molecule has 7 heteroatoms. The molecule has 3 rings (SSSR count). The summed E-state index contributed by atoms with van der Waals surface area (Å²) in [6, 6.07) is 10.8. The van der Waals surface area contributed by atoms with Crippen molar-refractivity contribution < 1.29 is 18.7 Å². The number of carbonyl (C=O) groups is 1. The van der Waals surface area contributed by atoms with E-state index < -0.39 is 29.8 Å². The maximum absolute atomic E-state index is 13.8. The molecule has 2 unspecified atom stereocenters. The van der Waals surface area contributed by atoms with Crippen molar-refractivity contribution in [1.29, 1.82) is 0 Å². The second kappa shape index (κ2) is 12.2. The number of nitrogens with one attached hydrogen (secondary N) is 3. The van der Waals surface area contributed by atoms with Gasteiger partial charge < -0.3 is 21.1 Å². The number of urea groups is 1. The first kappa shape index (κ1) is 28.1. The zero-order chi connectivity index (χ0) is 26.3. The summed E-state index contributed by atoms with van der Waals surface area (Å²) in [6.07, 6.45) is 4.40. The van der Waals surface area contributed by atoms with Gasteiger partial charge in [0, 0.05) is 24.7 Å². The molecule has 1 saturated carbocycles. The van der Waals surface area contributed by atoms with Gasteiger partial charge in [-0.1, -0.05) is 64.3 Å². The molecule has 1 aliphatic rings. The van der Waals surface area contributed by atoms with Gasteiger partial charge in [-0.05, 0) is 60.4 Å². The van der Waals surface area contributed by atoms with E-state index >= 15 is 0 Å². The fourth-order valence-corrected chi connectivity index (χ4v) is 5.09. The van der Waals surface area contributed by atoms with Crippen LogP contribution in [0, 0.1) is 11.6 Å². The van der Waals surface area contributed by atoms with Crippen molar-refractivity contribution in [3.05, 3.63) is 70.8 Å². The summed E-state index contributed by atoms with van der Waals surface area (Å²) < 4.78 is 27.6. The van der Waals surface area contributed by atoms with Crippen LogP contribution < -0.4 is 16.0 Å². The van der Waals surface area contributed by atoms with Crippen molar-refractivity contribution in [3.8, 4) is 0 Å². The number of hydrogen-bond donors (Lipinski definition) is 4. The fourth-order valence-electron chi connectivity index (χ4n) is 5.09. The van der Waals surface area contributed by atoms with Gasteiger partial charge in [0.25, 0.3) is 0 Å². The highest BCUT2D eigenvalue weighted by molar-refractivity contribution is 5.74. The number of amides is 2. The molecule has 1 fully saturated rings. The van der Waals surface area contributed by atoms with Crippen LogP contribution in [0.4, 0.5) is 13.6 Å². The Kier molecular flexibility index (Phi) is 9.47. The molecule has 2 aromatic carbocycles. The predicted molar refractivity (Wildman–Crippen MR) is 140 cm³/mol. The van der Waals surface area contributed by atoms with E-state index in [1.807, 2.05) is 0 Å². The van der Waals surface area contributed by atoms with E-state index in [0.717, 1.165) is 31.7 Å². The Hall–Kier alpha value is -2.51. The lowest BCUT2D eigenvalue weighted by molar-refractivity contribution is 0.106. The van der Waals surface area contributed by atoms with Gasteiger partial charge in [-0.15, -0.1) is 0 Å². The first-order valence-corrected chi connectivity index (χ1v) is 13.1. The monoisotopic (exact) mass is 501 g/mol. The van der Waals surface area contributed by atoms with Crippen LogP contribution in [-0.2, 0) is 17.4 Å². The van der Waals surface area contributed by atoms with Gasteiger partial charge in [-0.3, -0.25) is 0 Å². The highest BCUT2D eigenvalue weighted by Crippen LogP contribution is 2.38. The van der Waals surface area contributed by atoms with E-state index in [1.165, 1.54) is 29.7 Å². The van der Waals surface area contributed by atoms with Crippen molar-refractivity contribution in [2.24, 2.45) is 0 Å². The minimum atomic E-state index is -0.969. The molecule has 36 heavy (non-hydrogen) atoms. The molecule has 1 aliphatic carbocycles. The quantitative estimate of drug-likeness (QED) is 0.377. The van der Waals surface area contributed by atoms with Crippen LogP contribution in [0.1, 0.15) is 76.5 Å². The summed E-state index contributed by atoms with van der Waals surface area (Å²) in [5.41, 5.74) is 2.59. The summed E-state index contributed by atoms with van der Waals surface area (Å²) >= 11 is 0. The molecule has 0 saturated heterocycles. The van der Waals surface area contributed by atoms with E-state index in [4.69, 9.17) is 0 Å². The third-order valence-corrected chi connectivity index (χ3v) is 7.13. The lowest BCUT2D eigenvalue weighted by atomic mass is 9.74. The van der Waals surface area contributed by atoms with E-state index in [1.54, 1.807) is 6.92 Å². The minimum absolute atomic E-state index is 0.0211. The molecule has 2 aromatic rings. The third-order valence-electron chi connectivity index (χ3n) is 7.13. The first-order chi connectivity index (χ1) is 17.0. The third kappa shape index (κ3) is 7.50. The fraction of sp³-hybridized carbons (Fsp3) is 0.552. The van der Waals surface area contributed by atoms with Gasteiger partial charge in [-0.2, -0.15) is 0 Å². The van der Waals surface area contributed by atoms with Crippen molar-refractivity contribution in [1.82, 2.24) is 16.0 Å². The summed E-state index contributed by atoms with van der Waals surface area (Å²) in [6.45, 7) is 9.05. The lowest BCUT2D eigenvalue weighted by Crippen LogP contribution is -2.54. The molecule has 2 amide bonds. The Morgan fingerprint density at radius 2 is 1.72 bits per heavy atom. The van der Waals surface area contributed by atoms with Gasteiger partial charge in [-0.25, -0.2) is 13.6 Å². The van der Waals surface area contributed by atoms with Gasteiger partial charge in [0.2, 0.25) is 0 Å². The van der Waals surface area contributed by atoms with Gasteiger partial charge in [0.15, 0.2) is 0 Å². The van der Waals surface area contributed by atoms with Crippen LogP contribution in [0.2, 0.25) is 0 Å². The Balaban J connectivity index is 1.82. The van der Waals surface area contributed by atoms with Crippen LogP contribution >= 0.6 is 0 Å². The van der Waals surface area contributed by atoms with Crippen LogP contribution in [0.5, 0.6) is 0 Å². The summed E-state index contributed by atoms with van der Waals surface area (Å²) in [5, 5.41) is 20.3. The van der Waals surface area contributed by atoms with E-state index in [-0.39, 0.29) is 23.9 Å². The maximum atomic E-state index is 13.8. The summed E-state index contributed by atoms with van der Waals surface area (Å²) in [5.74, 6) is -1.37. The smallest absolute Gasteiger partial charge is 0.315 e. The highest BCUT2D eigenvalue weighted by atomic mass is 19.1. The number of rotatable bonds is 9. The topological polar surface area (TPSA) is 73.4 Å². The molecule has 0 spiro atoms. The molecule has 0 aromatic heterocycles. The number of hydrogen-bond acceptors (Lipinski definition) is 3. The molecule has 5 nitrogen and oxygen atoms in total. The zero-order valence-electron chi connectivity index (χ0n) is 22.0. The largest absolute Gasteiger partial charge is 0.390 e.